The summed E-state index contributed by atoms with van der Waals surface area (Å²) in [5.41, 5.74) is 8.67. The molecule has 0 bridgehead atoms. The van der Waals surface area contributed by atoms with Gasteiger partial charge in [0.25, 0.3) is 6.01 Å². The Bertz CT molecular complexity index is 518. The van der Waals surface area contributed by atoms with Crippen LogP contribution in [0.5, 0.6) is 5.75 Å². The number of nitrogen functional groups attached to an aromatic ring is 1. The first-order valence-electron chi connectivity index (χ1n) is 4.98. The lowest BCUT2D eigenvalue weighted by Gasteiger charge is -2.09. The van der Waals surface area contributed by atoms with Gasteiger partial charge in [-0.05, 0) is 37.1 Å². The van der Waals surface area contributed by atoms with Crippen LogP contribution in [0.2, 0.25) is 0 Å². The van der Waals surface area contributed by atoms with Gasteiger partial charge in [-0.15, -0.1) is 0 Å². The predicted molar refractivity (Wildman–Crippen MR) is 62.4 cm³/mol. The van der Waals surface area contributed by atoms with Gasteiger partial charge in [0.1, 0.15) is 5.75 Å². The van der Waals surface area contributed by atoms with Crippen LogP contribution in [-0.4, -0.2) is 12.1 Å². The zero-order chi connectivity index (χ0) is 11.7. The zero-order valence-corrected chi connectivity index (χ0v) is 9.57. The van der Waals surface area contributed by atoms with Gasteiger partial charge < -0.3 is 14.9 Å². The van der Waals surface area contributed by atoms with Crippen molar-refractivity contribution in [2.75, 3.05) is 12.8 Å². The lowest BCUT2D eigenvalue weighted by molar-refractivity contribution is 0.414. The Hall–Kier alpha value is -1.97. The van der Waals surface area contributed by atoms with Gasteiger partial charge in [-0.1, -0.05) is 0 Å². The fourth-order valence-electron chi connectivity index (χ4n) is 1.56. The minimum absolute atomic E-state index is 0.162. The largest absolute Gasteiger partial charge is 0.496 e. The van der Waals surface area contributed by atoms with Crippen molar-refractivity contribution >= 4 is 6.01 Å². The molecule has 2 rings (SSSR count). The Morgan fingerprint density at radius 1 is 1.25 bits per heavy atom. The van der Waals surface area contributed by atoms with E-state index in [2.05, 4.69) is 4.98 Å². The first kappa shape index (κ1) is 10.5. The highest BCUT2D eigenvalue weighted by atomic mass is 16.5. The second kappa shape index (κ2) is 3.89. The molecule has 84 valence electrons. The van der Waals surface area contributed by atoms with Crippen molar-refractivity contribution < 1.29 is 9.15 Å². The molecule has 0 amide bonds. The molecule has 4 nitrogen and oxygen atoms in total. The van der Waals surface area contributed by atoms with Gasteiger partial charge in [0.2, 0.25) is 0 Å². The van der Waals surface area contributed by atoms with Crippen LogP contribution in [-0.2, 0) is 0 Å². The standard InChI is InChI=1S/C12H14N2O2/c1-7-4-9(10(15-3)5-8(7)2)11-6-14-12(13)16-11/h4-6H,1-3H3,(H2,13,14). The number of hydrogen-bond acceptors (Lipinski definition) is 4. The van der Waals surface area contributed by atoms with E-state index in [9.17, 15) is 0 Å². The van der Waals surface area contributed by atoms with Crippen molar-refractivity contribution in [3.8, 4) is 17.1 Å². The minimum atomic E-state index is 0.162. The Labute approximate surface area is 94.1 Å². The first-order chi connectivity index (χ1) is 7.61. The molecular weight excluding hydrogens is 204 g/mol. The first-order valence-corrected chi connectivity index (χ1v) is 4.98. The maximum absolute atomic E-state index is 5.46. The van der Waals surface area contributed by atoms with Crippen molar-refractivity contribution in [2.24, 2.45) is 0 Å². The van der Waals surface area contributed by atoms with Crippen LogP contribution >= 0.6 is 0 Å². The Morgan fingerprint density at radius 2 is 1.94 bits per heavy atom. The van der Waals surface area contributed by atoms with Crippen LogP contribution in [0.4, 0.5) is 6.01 Å². The fourth-order valence-corrected chi connectivity index (χ4v) is 1.56. The average Bonchev–Trinajstić information content (AvgIpc) is 2.68. The molecule has 0 fully saturated rings. The molecule has 0 aliphatic rings. The number of oxazole rings is 1. The third-order valence-electron chi connectivity index (χ3n) is 2.60. The summed E-state index contributed by atoms with van der Waals surface area (Å²) in [5.74, 6) is 1.39. The summed E-state index contributed by atoms with van der Waals surface area (Å²) in [4.78, 5) is 3.88. The number of hydrogen-bond donors (Lipinski definition) is 1. The van der Waals surface area contributed by atoms with E-state index in [1.54, 1.807) is 13.3 Å². The molecule has 1 aromatic carbocycles. The zero-order valence-electron chi connectivity index (χ0n) is 9.57. The number of aromatic nitrogens is 1. The van der Waals surface area contributed by atoms with Crippen molar-refractivity contribution in [3.63, 3.8) is 0 Å². The van der Waals surface area contributed by atoms with Crippen LogP contribution in [0, 0.1) is 13.8 Å². The van der Waals surface area contributed by atoms with Gasteiger partial charge in [-0.3, -0.25) is 0 Å². The average molecular weight is 218 g/mol. The molecule has 1 aromatic heterocycles. The SMILES string of the molecule is COc1cc(C)c(C)cc1-c1cnc(N)o1. The van der Waals surface area contributed by atoms with E-state index >= 15 is 0 Å². The summed E-state index contributed by atoms with van der Waals surface area (Å²) in [6.45, 7) is 4.08. The number of nitrogens with zero attached hydrogens (tertiary/aromatic N) is 1. The lowest BCUT2D eigenvalue weighted by atomic mass is 10.0. The van der Waals surface area contributed by atoms with Gasteiger partial charge in [0.05, 0.1) is 18.9 Å². The van der Waals surface area contributed by atoms with Crippen LogP contribution < -0.4 is 10.5 Å². The highest BCUT2D eigenvalue weighted by Gasteiger charge is 2.12. The van der Waals surface area contributed by atoms with Crippen LogP contribution in [0.3, 0.4) is 0 Å². The summed E-state index contributed by atoms with van der Waals surface area (Å²) in [6.07, 6.45) is 1.60. The van der Waals surface area contributed by atoms with E-state index in [4.69, 9.17) is 14.9 Å². The van der Waals surface area contributed by atoms with Crippen LogP contribution in [0.25, 0.3) is 11.3 Å². The van der Waals surface area contributed by atoms with Gasteiger partial charge in [0.15, 0.2) is 5.76 Å². The van der Waals surface area contributed by atoms with Crippen LogP contribution in [0.1, 0.15) is 11.1 Å². The normalized spacial score (nSPS) is 10.4. The van der Waals surface area contributed by atoms with Crippen LogP contribution in [0.15, 0.2) is 22.7 Å². The number of ether oxygens (including phenoxy) is 1. The quantitative estimate of drug-likeness (QED) is 0.841. The molecule has 1 heterocycles. The highest BCUT2D eigenvalue weighted by Crippen LogP contribution is 2.33. The fraction of sp³-hybridized carbons (Fsp3) is 0.250. The van der Waals surface area contributed by atoms with Gasteiger partial charge >= 0.3 is 0 Å². The van der Waals surface area contributed by atoms with Gasteiger partial charge in [0, 0.05) is 0 Å². The van der Waals surface area contributed by atoms with Gasteiger partial charge in [-0.2, -0.15) is 0 Å². The second-order valence-electron chi connectivity index (χ2n) is 3.70. The molecule has 0 unspecified atom stereocenters. The molecular formula is C12H14N2O2. The Kier molecular flexibility index (Phi) is 2.56. The molecule has 0 radical (unpaired) electrons. The topological polar surface area (TPSA) is 61.3 Å². The molecule has 0 saturated carbocycles. The molecule has 0 saturated heterocycles. The Morgan fingerprint density at radius 3 is 2.50 bits per heavy atom. The molecule has 0 aliphatic heterocycles. The third-order valence-corrected chi connectivity index (χ3v) is 2.60. The van der Waals surface area contributed by atoms with Crippen molar-refractivity contribution in [3.05, 3.63) is 29.5 Å². The van der Waals surface area contributed by atoms with Crippen molar-refractivity contribution in [1.82, 2.24) is 4.98 Å². The summed E-state index contributed by atoms with van der Waals surface area (Å²) in [5, 5.41) is 0. The molecule has 4 heteroatoms. The number of aryl methyl sites for hydroxylation is 2. The number of benzene rings is 1. The maximum Gasteiger partial charge on any atom is 0.292 e. The van der Waals surface area contributed by atoms with E-state index in [0.29, 0.717) is 5.76 Å². The number of anilines is 1. The molecule has 0 spiro atoms. The van der Waals surface area contributed by atoms with E-state index in [-0.39, 0.29) is 6.01 Å². The minimum Gasteiger partial charge on any atom is -0.496 e. The summed E-state index contributed by atoms with van der Waals surface area (Å²) in [6, 6.07) is 4.15. The maximum atomic E-state index is 5.46. The number of rotatable bonds is 2. The monoisotopic (exact) mass is 218 g/mol. The Balaban J connectivity index is 2.59. The highest BCUT2D eigenvalue weighted by molar-refractivity contribution is 5.67. The second-order valence-corrected chi connectivity index (χ2v) is 3.70. The molecule has 16 heavy (non-hydrogen) atoms. The number of nitrogens with two attached hydrogens (primary N) is 1. The van der Waals surface area contributed by atoms with Gasteiger partial charge in [-0.25, -0.2) is 4.98 Å². The molecule has 2 aromatic rings. The summed E-state index contributed by atoms with van der Waals surface area (Å²) >= 11 is 0. The predicted octanol–water partition coefficient (Wildman–Crippen LogP) is 2.55. The van der Waals surface area contributed by atoms with E-state index in [1.165, 1.54) is 11.1 Å². The molecule has 2 N–H and O–H groups in total. The number of methoxy groups -OCH3 is 1. The van der Waals surface area contributed by atoms with Crippen molar-refractivity contribution in [1.29, 1.82) is 0 Å². The summed E-state index contributed by atoms with van der Waals surface area (Å²) in [7, 11) is 1.63. The van der Waals surface area contributed by atoms with E-state index < -0.39 is 0 Å². The third kappa shape index (κ3) is 1.74. The molecule has 0 aliphatic carbocycles. The smallest absolute Gasteiger partial charge is 0.292 e. The van der Waals surface area contributed by atoms with E-state index in [0.717, 1.165) is 11.3 Å². The summed E-state index contributed by atoms with van der Waals surface area (Å²) < 4.78 is 10.6. The lowest BCUT2D eigenvalue weighted by Crippen LogP contribution is -1.90. The molecule has 0 atom stereocenters. The van der Waals surface area contributed by atoms with E-state index in [1.807, 2.05) is 26.0 Å². The van der Waals surface area contributed by atoms with Crippen molar-refractivity contribution in [2.45, 2.75) is 13.8 Å².